The van der Waals surface area contributed by atoms with Gasteiger partial charge < -0.3 is 10.6 Å². The van der Waals surface area contributed by atoms with Crippen molar-refractivity contribution in [3.8, 4) is 0 Å². The van der Waals surface area contributed by atoms with Crippen LogP contribution >= 0.6 is 11.6 Å². The molecule has 0 atom stereocenters. The van der Waals surface area contributed by atoms with Crippen molar-refractivity contribution < 1.29 is 9.59 Å². The Labute approximate surface area is 194 Å². The van der Waals surface area contributed by atoms with Gasteiger partial charge in [0.15, 0.2) is 5.65 Å². The first kappa shape index (κ1) is 22.7. The number of fused-ring (bicyclic) bond motifs is 1. The molecule has 1 aliphatic carbocycles. The van der Waals surface area contributed by atoms with Crippen LogP contribution in [0.15, 0.2) is 33.9 Å². The van der Waals surface area contributed by atoms with E-state index in [9.17, 15) is 19.2 Å². The first-order valence-electron chi connectivity index (χ1n) is 10.8. The zero-order valence-electron chi connectivity index (χ0n) is 18.5. The zero-order chi connectivity index (χ0) is 23.9. The second kappa shape index (κ2) is 8.82. The van der Waals surface area contributed by atoms with Gasteiger partial charge in [0.05, 0.1) is 21.5 Å². The summed E-state index contributed by atoms with van der Waals surface area (Å²) < 4.78 is 1.32. The lowest BCUT2D eigenvalue weighted by atomic mass is 10.0. The van der Waals surface area contributed by atoms with Crippen LogP contribution in [0.4, 0.5) is 5.69 Å². The van der Waals surface area contributed by atoms with E-state index in [0.717, 1.165) is 12.8 Å². The third kappa shape index (κ3) is 4.54. The van der Waals surface area contributed by atoms with Gasteiger partial charge in [0.1, 0.15) is 0 Å². The summed E-state index contributed by atoms with van der Waals surface area (Å²) >= 11 is 6.29. The molecule has 0 spiro atoms. The molecular weight excluding hydrogens is 446 g/mol. The van der Waals surface area contributed by atoms with Crippen LogP contribution in [0.1, 0.15) is 65.9 Å². The van der Waals surface area contributed by atoms with E-state index in [4.69, 9.17) is 11.6 Å². The summed E-state index contributed by atoms with van der Waals surface area (Å²) in [7, 11) is 0. The van der Waals surface area contributed by atoms with Crippen molar-refractivity contribution >= 4 is 40.1 Å². The second-order valence-electron chi connectivity index (χ2n) is 8.35. The minimum atomic E-state index is -0.683. The van der Waals surface area contributed by atoms with Gasteiger partial charge in [-0.25, -0.2) is 9.78 Å². The standard InChI is InChI=1S/C23H24ClN5O4/c1-4-29-19-18(22(32)28-23(29)33)15(10-17(27-19)11(2)3)21(31)26-13-7-8-14(16(24)9-13)20(30)25-12-5-6-12/h7-12H,4-6H2,1-3H3,(H,25,30)(H,26,31)(H,28,32,33). The quantitative estimate of drug-likeness (QED) is 0.511. The van der Waals surface area contributed by atoms with Gasteiger partial charge in [0.25, 0.3) is 17.4 Å². The van der Waals surface area contributed by atoms with Gasteiger partial charge in [-0.3, -0.25) is 23.9 Å². The molecule has 9 nitrogen and oxygen atoms in total. The summed E-state index contributed by atoms with van der Waals surface area (Å²) in [4.78, 5) is 57.1. The van der Waals surface area contributed by atoms with E-state index < -0.39 is 17.2 Å². The molecule has 2 aromatic heterocycles. The molecule has 0 bridgehead atoms. The number of aromatic amines is 1. The largest absolute Gasteiger partial charge is 0.349 e. The van der Waals surface area contributed by atoms with Crippen molar-refractivity contribution in [2.45, 2.75) is 52.1 Å². The molecule has 2 heterocycles. The van der Waals surface area contributed by atoms with Crippen LogP contribution in [0.2, 0.25) is 5.02 Å². The van der Waals surface area contributed by atoms with E-state index in [1.165, 1.54) is 10.6 Å². The average Bonchev–Trinajstić information content (AvgIpc) is 3.57. The van der Waals surface area contributed by atoms with Crippen LogP contribution in [-0.2, 0) is 6.54 Å². The number of nitrogens with zero attached hydrogens (tertiary/aromatic N) is 2. The zero-order valence-corrected chi connectivity index (χ0v) is 19.2. The van der Waals surface area contributed by atoms with Crippen LogP contribution in [0.3, 0.4) is 0 Å². The number of rotatable bonds is 6. The monoisotopic (exact) mass is 469 g/mol. The third-order valence-corrected chi connectivity index (χ3v) is 5.82. The fourth-order valence-corrected chi connectivity index (χ4v) is 3.79. The van der Waals surface area contributed by atoms with E-state index in [-0.39, 0.29) is 46.0 Å². The van der Waals surface area contributed by atoms with Crippen molar-refractivity contribution in [2.75, 3.05) is 5.32 Å². The molecule has 10 heteroatoms. The van der Waals surface area contributed by atoms with E-state index in [1.54, 1.807) is 25.1 Å². The van der Waals surface area contributed by atoms with Gasteiger partial charge >= 0.3 is 5.69 Å². The average molecular weight is 470 g/mol. The third-order valence-electron chi connectivity index (χ3n) is 5.51. The lowest BCUT2D eigenvalue weighted by Crippen LogP contribution is -2.32. The van der Waals surface area contributed by atoms with Crippen LogP contribution in [0.25, 0.3) is 11.0 Å². The Kier molecular flexibility index (Phi) is 6.07. The SMILES string of the molecule is CCn1c(=O)[nH]c(=O)c2c(C(=O)Nc3ccc(C(=O)NC4CC4)c(Cl)c3)cc(C(C)C)nc21. The number of aromatic nitrogens is 3. The summed E-state index contributed by atoms with van der Waals surface area (Å²) in [5.41, 5.74) is 0.252. The number of aryl methyl sites for hydroxylation is 1. The molecule has 1 aromatic carbocycles. The fraction of sp³-hybridized carbons (Fsp3) is 0.348. The molecule has 0 radical (unpaired) electrons. The molecule has 172 valence electrons. The number of hydrogen-bond acceptors (Lipinski definition) is 5. The predicted octanol–water partition coefficient (Wildman–Crippen LogP) is 3.03. The Morgan fingerprint density at radius 3 is 2.52 bits per heavy atom. The van der Waals surface area contributed by atoms with E-state index in [2.05, 4.69) is 20.6 Å². The van der Waals surface area contributed by atoms with Crippen molar-refractivity contribution in [3.05, 3.63) is 66.9 Å². The van der Waals surface area contributed by atoms with E-state index >= 15 is 0 Å². The lowest BCUT2D eigenvalue weighted by Gasteiger charge is -2.14. The Bertz CT molecular complexity index is 1390. The maximum atomic E-state index is 13.2. The maximum Gasteiger partial charge on any atom is 0.329 e. The van der Waals surface area contributed by atoms with Crippen LogP contribution in [0, 0.1) is 0 Å². The number of halogens is 1. The minimum Gasteiger partial charge on any atom is -0.349 e. The van der Waals surface area contributed by atoms with Crippen molar-refractivity contribution in [3.63, 3.8) is 0 Å². The topological polar surface area (TPSA) is 126 Å². The van der Waals surface area contributed by atoms with Crippen LogP contribution < -0.4 is 21.9 Å². The van der Waals surface area contributed by atoms with Crippen LogP contribution in [0.5, 0.6) is 0 Å². The Morgan fingerprint density at radius 1 is 1.18 bits per heavy atom. The molecule has 1 aliphatic rings. The number of H-pyrrole nitrogens is 1. The Morgan fingerprint density at radius 2 is 1.91 bits per heavy atom. The predicted molar refractivity (Wildman–Crippen MR) is 126 cm³/mol. The summed E-state index contributed by atoms with van der Waals surface area (Å²) in [5, 5.41) is 5.84. The Hall–Kier alpha value is -3.46. The summed E-state index contributed by atoms with van der Waals surface area (Å²) in [5.74, 6) is -0.854. The molecule has 0 unspecified atom stereocenters. The van der Waals surface area contributed by atoms with E-state index in [0.29, 0.717) is 16.9 Å². The van der Waals surface area contributed by atoms with Gasteiger partial charge in [0.2, 0.25) is 0 Å². The van der Waals surface area contributed by atoms with Crippen LogP contribution in [-0.4, -0.2) is 32.4 Å². The Balaban J connectivity index is 1.73. The molecule has 3 aromatic rings. The highest BCUT2D eigenvalue weighted by Crippen LogP contribution is 2.25. The van der Waals surface area contributed by atoms with Crippen molar-refractivity contribution in [1.82, 2.24) is 19.9 Å². The summed E-state index contributed by atoms with van der Waals surface area (Å²) in [6, 6.07) is 6.36. The molecule has 1 fully saturated rings. The second-order valence-corrected chi connectivity index (χ2v) is 8.76. The van der Waals surface area contributed by atoms with Crippen molar-refractivity contribution in [2.24, 2.45) is 0 Å². The lowest BCUT2D eigenvalue weighted by molar-refractivity contribution is 0.0950. The van der Waals surface area contributed by atoms with Gasteiger partial charge in [-0.05, 0) is 49.9 Å². The molecule has 33 heavy (non-hydrogen) atoms. The number of carbonyl (C=O) groups is 2. The highest BCUT2D eigenvalue weighted by atomic mass is 35.5. The molecule has 3 N–H and O–H groups in total. The number of amides is 2. The maximum absolute atomic E-state index is 13.2. The number of benzene rings is 1. The first-order chi connectivity index (χ1) is 15.7. The summed E-state index contributed by atoms with van der Waals surface area (Å²) in [6.45, 7) is 5.85. The van der Waals surface area contributed by atoms with Gasteiger partial charge in [-0.1, -0.05) is 25.4 Å². The van der Waals surface area contributed by atoms with E-state index in [1.807, 2.05) is 13.8 Å². The molecule has 4 rings (SSSR count). The molecule has 1 saturated carbocycles. The van der Waals surface area contributed by atoms with Crippen molar-refractivity contribution in [1.29, 1.82) is 0 Å². The van der Waals surface area contributed by atoms with Gasteiger partial charge in [-0.2, -0.15) is 0 Å². The number of pyridine rings is 1. The fourth-order valence-electron chi connectivity index (χ4n) is 3.53. The minimum absolute atomic E-state index is 0.0323. The number of hydrogen-bond donors (Lipinski definition) is 3. The normalized spacial score (nSPS) is 13.4. The number of anilines is 1. The highest BCUT2D eigenvalue weighted by Gasteiger charge is 2.25. The smallest absolute Gasteiger partial charge is 0.329 e. The molecule has 0 aliphatic heterocycles. The first-order valence-corrected chi connectivity index (χ1v) is 11.2. The van der Waals surface area contributed by atoms with Gasteiger partial charge in [-0.15, -0.1) is 0 Å². The molecule has 2 amide bonds. The number of nitrogens with one attached hydrogen (secondary N) is 3. The number of carbonyl (C=O) groups excluding carboxylic acids is 2. The highest BCUT2D eigenvalue weighted by molar-refractivity contribution is 6.34. The molecular formula is C23H24ClN5O4. The van der Waals surface area contributed by atoms with Gasteiger partial charge in [0, 0.05) is 24.0 Å². The molecule has 0 saturated heterocycles. The summed E-state index contributed by atoms with van der Waals surface area (Å²) in [6.07, 6.45) is 1.92.